The molecule has 2 rings (SSSR count). The van der Waals surface area contributed by atoms with E-state index in [1.54, 1.807) is 26.2 Å². The van der Waals surface area contributed by atoms with E-state index in [0.29, 0.717) is 89.6 Å². The number of rotatable bonds is 61. The van der Waals surface area contributed by atoms with E-state index in [4.69, 9.17) is 41.4 Å². The lowest BCUT2D eigenvalue weighted by Gasteiger charge is -2.46. The van der Waals surface area contributed by atoms with Gasteiger partial charge >= 0.3 is 223 Å². The van der Waals surface area contributed by atoms with E-state index in [1.807, 2.05) is 27.7 Å². The van der Waals surface area contributed by atoms with E-state index in [1.165, 1.54) is 13.1 Å². The van der Waals surface area contributed by atoms with Crippen LogP contribution in [0.5, 0.6) is 0 Å². The zero-order valence-corrected chi connectivity index (χ0v) is 100. The van der Waals surface area contributed by atoms with Gasteiger partial charge in [-0.1, -0.05) is 61.1 Å². The van der Waals surface area contributed by atoms with Crippen LogP contribution in [-0.2, 0) is 167 Å². The van der Waals surface area contributed by atoms with Crippen LogP contribution in [-0.4, -0.2) is 341 Å². The van der Waals surface area contributed by atoms with Gasteiger partial charge in [0, 0.05) is 62.4 Å². The molecule has 0 aromatic carbocycles. The molecule has 0 aromatic rings. The molecule has 2 saturated carbocycles. The fourth-order valence-corrected chi connectivity index (χ4v) is 339. The topological polar surface area (TPSA) is 648 Å². The molecule has 3 amide bonds. The number of nitrogens with one attached hydrogen (secondary N) is 3. The van der Waals surface area contributed by atoms with E-state index in [-0.39, 0.29) is 80.7 Å². The first-order valence-electron chi connectivity index (χ1n) is 38.7. The maximum absolute atomic E-state index is 13.8. The van der Waals surface area contributed by atoms with Crippen LogP contribution in [0.15, 0.2) is 25.3 Å². The number of Topliss-reactive ketones (excluding diaryl/α,β-unsaturated/α-hetero) is 1. The van der Waals surface area contributed by atoms with Crippen LogP contribution in [0, 0.1) is 21.7 Å². The summed E-state index contributed by atoms with van der Waals surface area (Å²) in [5.41, 5.74) is -1.73. The van der Waals surface area contributed by atoms with Crippen LogP contribution in [0.4, 0.5) is 14.4 Å². The molecule has 3 N–H and O–H groups in total. The Kier molecular flexibility index (Phi) is 52.0. The molecule has 0 bridgehead atoms. The van der Waals surface area contributed by atoms with Gasteiger partial charge in [0.25, 0.3) is 0 Å². The lowest BCUT2D eigenvalue weighted by atomic mass is 9.60. The second-order valence-electron chi connectivity index (χ2n) is 32.8. The van der Waals surface area contributed by atoms with E-state index < -0.39 is 268 Å². The van der Waals surface area contributed by atoms with Crippen LogP contribution in [0.2, 0.25) is 51.4 Å². The number of ketones is 1. The molecule has 0 aromatic heterocycles. The van der Waals surface area contributed by atoms with Gasteiger partial charge < -0.3 is 169 Å². The fourth-order valence-electron chi connectivity index (χ4n) is 13.6. The average Bonchev–Trinajstić information content (AvgIpc) is 0.784. The molecule has 125 heavy (non-hydrogen) atoms. The van der Waals surface area contributed by atoms with Crippen LogP contribution in [0.3, 0.4) is 0 Å². The second-order valence-corrected chi connectivity index (χ2v) is 174. The van der Waals surface area contributed by atoms with E-state index in [0.717, 1.165) is 31.4 Å². The van der Waals surface area contributed by atoms with Gasteiger partial charge in [-0.2, -0.15) is 0 Å². The largest absolute Gasteiger partial charge is 0.459 e. The Morgan fingerprint density at radius 1 is 0.368 bits per heavy atom. The molecule has 0 heterocycles. The van der Waals surface area contributed by atoms with Gasteiger partial charge in [-0.05, 0) is 138 Å². The van der Waals surface area contributed by atoms with Gasteiger partial charge in [-0.25, -0.2) is 24.0 Å². The number of carbonyl (C=O) groups is 6. The number of hydrogen-bond donors (Lipinski definition) is 3. The Balaban J connectivity index is 1.83. The molecule has 72 heteroatoms. The molecule has 0 saturated heterocycles. The summed E-state index contributed by atoms with van der Waals surface area (Å²) in [6.07, 6.45) is 7.04. The Morgan fingerprint density at radius 2 is 0.688 bits per heavy atom. The minimum absolute atomic E-state index is 0.0345. The van der Waals surface area contributed by atoms with E-state index in [9.17, 15) is 140 Å². The highest BCUT2D eigenvalue weighted by molar-refractivity contribution is 7.84. The number of hydrogen-bond acceptors (Lipinski definition) is 40. The molecular weight excluding hydrogens is 2130 g/mol. The summed E-state index contributed by atoms with van der Waals surface area (Å²) in [5, 5.41) is 8.48. The molecule has 2 fully saturated rings. The van der Waals surface area contributed by atoms with Crippen LogP contribution in [0.25, 0.3) is 0 Å². The third-order valence-electron chi connectivity index (χ3n) is 18.9. The number of alkyl carbamates (subject to hydrolysis) is 3. The smallest absolute Gasteiger partial charge is 0.407 e. The van der Waals surface area contributed by atoms with Crippen LogP contribution < -0.4 is 16.0 Å². The minimum atomic E-state index is -4.71. The third kappa shape index (κ3) is 40.4. The SMILES string of the molecule is C=CC(=O)OCCOC(=O)NC1CC(C)(C)CC(C)(CNC(=O)OCCCCCCOCCC[Si](C)(C)O[SiH2][Si](=O)[Si](=O)[Si](=O)[Si](=O)[Si](=O)[Si](=O)[Si](=O)[Si](=O)[Si](=O)[Si](=O)[Si](=O)[Si](=O)[Si](=O)[Si](=O)[Si](=O)[Si](=O)[Si](=O)[Si](=O)[Si](=O)[Si](=O)[Si](=O)[Si](=O)[Si](=O)[Si](=O)[Si](=O)[Si](C)(C)O[Si](C)(C)CCCOCCC(=O)C2(C)CC(NC(=O)OCCOC(=O)C=C)CC(C)(C)C2)C1. The number of amides is 3. The van der Waals surface area contributed by atoms with Crippen molar-refractivity contribution in [2.45, 2.75) is 188 Å². The highest BCUT2D eigenvalue weighted by Crippen LogP contribution is 2.48. The summed E-state index contributed by atoms with van der Waals surface area (Å²) in [7, 11) is -122. The third-order valence-corrected chi connectivity index (χ3v) is 239. The highest BCUT2D eigenvalue weighted by Gasteiger charge is 2.59. The van der Waals surface area contributed by atoms with Gasteiger partial charge in [0.1, 0.15) is 32.2 Å². The summed E-state index contributed by atoms with van der Waals surface area (Å²) in [4.78, 5) is 73.6. The first-order valence-corrected chi connectivity index (χ1v) is 111. The summed E-state index contributed by atoms with van der Waals surface area (Å²) < 4.78 is 378. The van der Waals surface area contributed by atoms with Gasteiger partial charge in [0.15, 0.2) is 16.6 Å². The molecule has 0 aliphatic heterocycles. The predicted molar refractivity (Wildman–Crippen MR) is 462 cm³/mol. The number of ether oxygens (including phenoxy) is 7. The maximum Gasteiger partial charge on any atom is 0.407 e. The van der Waals surface area contributed by atoms with Crippen molar-refractivity contribution in [2.24, 2.45) is 21.7 Å². The standard InChI is InChI=1S/C53H99N3O40Si29/c1-15-45(58)90-29-31-93-48(61)55-42-35-50(3,4)39-52(7,37-42)41-54-47(60)92-27-20-18-17-19-24-88-25-21-33-123(9,10)95-97-98(63)99(64)100(65)101(66)102(67)103(68)104(69)105(70)106(71)107(72)108(73)109(74)110(75)111(76)112(77)113(78)114(79)115(80)116(81)117(82)118(83)119(84)120(85)121(86)122(87)125(13,14)96-124(11,12)34-22-26-89-28-23-44(57)53(8)38-43(36-51(5,6)40-53)56-49(62)94-32-30-91-46(59)16-2/h15-16,42-43H,1-2,17-41,97H2,3-14H3,(H,54,60)(H,55,61)(H,56,62). The van der Waals surface area contributed by atoms with Gasteiger partial charge in [-0.3, -0.25) is 4.79 Å². The Bertz CT molecular complexity index is 4570. The van der Waals surface area contributed by atoms with Gasteiger partial charge in [0.05, 0.1) is 13.2 Å². The summed E-state index contributed by atoms with van der Waals surface area (Å²) in [6.45, 7) is 28.8. The van der Waals surface area contributed by atoms with Crippen molar-refractivity contribution in [3.63, 3.8) is 0 Å². The number of esters is 2. The lowest BCUT2D eigenvalue weighted by molar-refractivity contribution is -0.139. The van der Waals surface area contributed by atoms with Crippen molar-refractivity contribution in [3.8, 4) is 0 Å². The molecule has 43 nitrogen and oxygen atoms in total. The molecule has 682 valence electrons. The minimum Gasteiger partial charge on any atom is -0.459 e. The average molecular weight is 2230 g/mol. The van der Waals surface area contributed by atoms with Gasteiger partial charge in [-0.15, -0.1) is 0 Å². The van der Waals surface area contributed by atoms with E-state index >= 15 is 0 Å². The Hall–Kier alpha value is -2.97. The fraction of sp³-hybridized carbons (Fsp3) is 0.811. The first kappa shape index (κ1) is 118. The number of carbonyl (C=O) groups excluding carboxylic acids is 6. The summed E-state index contributed by atoms with van der Waals surface area (Å²) in [5.74, 6) is -1.42. The van der Waals surface area contributed by atoms with Crippen LogP contribution in [0.1, 0.15) is 125 Å². The normalized spacial score (nSPS) is 17.0. The van der Waals surface area contributed by atoms with Crippen LogP contribution >= 0.6 is 0 Å². The molecule has 2 aliphatic rings. The van der Waals surface area contributed by atoms with E-state index in [2.05, 4.69) is 43.0 Å². The van der Waals surface area contributed by atoms with Crippen molar-refractivity contribution in [1.29, 1.82) is 0 Å². The zero-order chi connectivity index (χ0) is 95.8. The Labute approximate surface area is 755 Å². The zero-order valence-electron chi connectivity index (χ0n) is 70.9. The maximum atomic E-state index is 13.8. The molecule has 4 unspecified atom stereocenters. The second kappa shape index (κ2) is 55.0. The quantitative estimate of drug-likeness (QED) is 0.0178. The molecule has 2 aliphatic carbocycles. The van der Waals surface area contributed by atoms with Crippen molar-refractivity contribution in [3.05, 3.63) is 25.3 Å². The summed E-state index contributed by atoms with van der Waals surface area (Å²) in [6, 6.07) is 0.155. The van der Waals surface area contributed by atoms with Gasteiger partial charge in [0.2, 0.25) is 17.1 Å². The molecule has 0 radical (unpaired) electrons. The monoisotopic (exact) mass is 2230 g/mol. The van der Waals surface area contributed by atoms with Crippen molar-refractivity contribution < 1.29 is 182 Å². The molecule has 0 spiro atoms. The molecular formula is C53H99N3O40Si29. The lowest BCUT2D eigenvalue weighted by Crippen LogP contribution is -2.60. The molecule has 4 atom stereocenters. The highest BCUT2D eigenvalue weighted by atomic mass is 30.1. The van der Waals surface area contributed by atoms with Crippen molar-refractivity contribution >= 4 is 263 Å². The predicted octanol–water partition coefficient (Wildman–Crippen LogP) is -3.13. The van der Waals surface area contributed by atoms with Crippen molar-refractivity contribution in [2.75, 3.05) is 66.0 Å². The Morgan fingerprint density at radius 3 is 1.08 bits per heavy atom. The summed E-state index contributed by atoms with van der Waals surface area (Å²) >= 11 is 0. The van der Waals surface area contributed by atoms with Crippen molar-refractivity contribution in [1.82, 2.24) is 16.0 Å². The number of unbranched alkanes of at least 4 members (excludes halogenated alkanes) is 3. The first-order chi connectivity index (χ1) is 57.7.